The maximum atomic E-state index is 11.5. The van der Waals surface area contributed by atoms with Gasteiger partial charge in [-0.3, -0.25) is 4.79 Å². The molecule has 1 aromatic rings. The highest BCUT2D eigenvalue weighted by molar-refractivity contribution is 6.42. The van der Waals surface area contributed by atoms with Gasteiger partial charge in [0.2, 0.25) is 5.78 Å². The zero-order valence-corrected chi connectivity index (χ0v) is 11.5. The number of hydrogen-bond donors (Lipinski definition) is 0. The van der Waals surface area contributed by atoms with Crippen LogP contribution in [-0.4, -0.2) is 11.4 Å². The van der Waals surface area contributed by atoms with Crippen molar-refractivity contribution in [1.82, 2.24) is 0 Å². The van der Waals surface area contributed by atoms with Gasteiger partial charge in [-0.1, -0.05) is 35.3 Å². The average molecular weight is 283 g/mol. The van der Waals surface area contributed by atoms with E-state index < -0.39 is 5.60 Å². The van der Waals surface area contributed by atoms with E-state index in [2.05, 4.69) is 0 Å². The lowest BCUT2D eigenvalue weighted by Crippen LogP contribution is -2.27. The monoisotopic (exact) mass is 282 g/mol. The Balaban J connectivity index is 2.15. The Hall–Kier alpha value is -1.25. The number of rotatable bonds is 2. The first kappa shape index (κ1) is 13.2. The van der Waals surface area contributed by atoms with Crippen LogP contribution in [0.25, 0.3) is 6.08 Å². The summed E-state index contributed by atoms with van der Waals surface area (Å²) in [7, 11) is 0. The van der Waals surface area contributed by atoms with Crippen molar-refractivity contribution >= 4 is 35.1 Å². The summed E-state index contributed by atoms with van der Waals surface area (Å²) >= 11 is 11.7. The molecule has 18 heavy (non-hydrogen) atoms. The summed E-state index contributed by atoms with van der Waals surface area (Å²) in [5, 5.41) is 1.01. The third-order valence-corrected chi connectivity index (χ3v) is 3.36. The molecular formula is C14H12Cl2O2. The van der Waals surface area contributed by atoms with E-state index in [1.807, 2.05) is 12.1 Å². The van der Waals surface area contributed by atoms with Crippen LogP contribution < -0.4 is 0 Å². The molecule has 4 heteroatoms. The summed E-state index contributed by atoms with van der Waals surface area (Å²) in [5.41, 5.74) is 0.128. The van der Waals surface area contributed by atoms with Crippen LogP contribution in [-0.2, 0) is 9.53 Å². The number of halogens is 2. The molecule has 0 atom stereocenters. The normalized spacial score (nSPS) is 18.0. The maximum Gasteiger partial charge on any atom is 0.202 e. The van der Waals surface area contributed by atoms with Crippen molar-refractivity contribution in [3.63, 3.8) is 0 Å². The number of hydrogen-bond acceptors (Lipinski definition) is 2. The lowest BCUT2D eigenvalue weighted by molar-refractivity contribution is -0.126. The van der Waals surface area contributed by atoms with Crippen molar-refractivity contribution in [2.24, 2.45) is 0 Å². The van der Waals surface area contributed by atoms with Gasteiger partial charge in [-0.2, -0.15) is 0 Å². The van der Waals surface area contributed by atoms with E-state index in [0.29, 0.717) is 15.8 Å². The third kappa shape index (κ3) is 2.77. The van der Waals surface area contributed by atoms with E-state index in [1.54, 1.807) is 32.1 Å². The van der Waals surface area contributed by atoms with Gasteiger partial charge in [-0.15, -0.1) is 0 Å². The molecule has 0 unspecified atom stereocenters. The van der Waals surface area contributed by atoms with Gasteiger partial charge in [0.05, 0.1) is 10.0 Å². The van der Waals surface area contributed by atoms with Gasteiger partial charge in [-0.05, 0) is 37.6 Å². The van der Waals surface area contributed by atoms with Crippen molar-refractivity contribution in [3.8, 4) is 0 Å². The number of ether oxygens (including phenoxy) is 1. The molecule has 0 saturated carbocycles. The number of ketones is 1. The summed E-state index contributed by atoms with van der Waals surface area (Å²) in [5.74, 6) is 0.521. The number of carbonyl (C=O) groups is 1. The Bertz CT molecular complexity index is 557. The topological polar surface area (TPSA) is 26.3 Å². The minimum absolute atomic E-state index is 0.0312. The van der Waals surface area contributed by atoms with Crippen LogP contribution >= 0.6 is 23.2 Å². The third-order valence-electron chi connectivity index (χ3n) is 2.62. The van der Waals surface area contributed by atoms with Crippen LogP contribution in [0.3, 0.4) is 0 Å². The molecule has 0 bridgehead atoms. The Kier molecular flexibility index (Phi) is 3.51. The first-order valence-electron chi connectivity index (χ1n) is 5.47. The molecule has 0 N–H and O–H groups in total. The van der Waals surface area contributed by atoms with Crippen molar-refractivity contribution in [3.05, 3.63) is 51.7 Å². The molecule has 0 aromatic heterocycles. The summed E-state index contributed by atoms with van der Waals surface area (Å²) in [6.07, 6.45) is 5.06. The van der Waals surface area contributed by atoms with Crippen molar-refractivity contribution in [2.45, 2.75) is 19.4 Å². The molecule has 0 radical (unpaired) electrons. The predicted molar refractivity (Wildman–Crippen MR) is 73.8 cm³/mol. The molecule has 2 nitrogen and oxygen atoms in total. The molecule has 0 fully saturated rings. The fourth-order valence-corrected chi connectivity index (χ4v) is 1.86. The summed E-state index contributed by atoms with van der Waals surface area (Å²) in [6, 6.07) is 5.32. The van der Waals surface area contributed by atoms with Crippen LogP contribution in [0.5, 0.6) is 0 Å². The van der Waals surface area contributed by atoms with Crippen molar-refractivity contribution in [1.29, 1.82) is 0 Å². The first-order chi connectivity index (χ1) is 8.38. The highest BCUT2D eigenvalue weighted by atomic mass is 35.5. The molecule has 1 aromatic carbocycles. The summed E-state index contributed by atoms with van der Waals surface area (Å²) in [6.45, 7) is 3.48. The fourth-order valence-electron chi connectivity index (χ4n) is 1.55. The van der Waals surface area contributed by atoms with Gasteiger partial charge in [0, 0.05) is 6.08 Å². The minimum atomic E-state index is -0.767. The highest BCUT2D eigenvalue weighted by Crippen LogP contribution is 2.26. The van der Waals surface area contributed by atoms with Gasteiger partial charge in [0.15, 0.2) is 5.60 Å². The van der Waals surface area contributed by atoms with Gasteiger partial charge in [-0.25, -0.2) is 0 Å². The smallest absolute Gasteiger partial charge is 0.202 e. The molecule has 1 aliphatic heterocycles. The predicted octanol–water partition coefficient (Wildman–Crippen LogP) is 4.27. The maximum absolute atomic E-state index is 11.5. The lowest BCUT2D eigenvalue weighted by atomic mass is 10.1. The van der Waals surface area contributed by atoms with Crippen LogP contribution in [0.1, 0.15) is 19.4 Å². The van der Waals surface area contributed by atoms with Gasteiger partial charge in [0.1, 0.15) is 5.76 Å². The SMILES string of the molecule is CC1(C)OC(/C=C/c2ccc(Cl)c(Cl)c2)=CC1=O. The van der Waals surface area contributed by atoms with E-state index in [4.69, 9.17) is 27.9 Å². The Morgan fingerprint density at radius 3 is 2.44 bits per heavy atom. The molecule has 1 heterocycles. The second kappa shape index (κ2) is 4.79. The first-order valence-corrected chi connectivity index (χ1v) is 6.22. The second-order valence-electron chi connectivity index (χ2n) is 4.53. The Morgan fingerprint density at radius 2 is 1.89 bits per heavy atom. The molecule has 0 amide bonds. The molecule has 2 rings (SSSR count). The zero-order chi connectivity index (χ0) is 13.3. The van der Waals surface area contributed by atoms with Crippen LogP contribution in [0.4, 0.5) is 0 Å². The number of carbonyl (C=O) groups excluding carboxylic acids is 1. The van der Waals surface area contributed by atoms with Crippen LogP contribution in [0, 0.1) is 0 Å². The summed E-state index contributed by atoms with van der Waals surface area (Å²) in [4.78, 5) is 11.5. The molecule has 94 valence electrons. The minimum Gasteiger partial charge on any atom is -0.480 e. The van der Waals surface area contributed by atoms with E-state index in [1.165, 1.54) is 6.08 Å². The second-order valence-corrected chi connectivity index (χ2v) is 5.34. The van der Waals surface area contributed by atoms with Gasteiger partial charge in [0.25, 0.3) is 0 Å². The molecule has 1 aliphatic rings. The lowest BCUT2D eigenvalue weighted by Gasteiger charge is -2.16. The van der Waals surface area contributed by atoms with E-state index in [9.17, 15) is 4.79 Å². The Morgan fingerprint density at radius 1 is 1.17 bits per heavy atom. The molecule has 0 saturated heterocycles. The van der Waals surface area contributed by atoms with Crippen molar-refractivity contribution < 1.29 is 9.53 Å². The van der Waals surface area contributed by atoms with Crippen molar-refractivity contribution in [2.75, 3.05) is 0 Å². The Labute approximate surface area is 116 Å². The average Bonchev–Trinajstić information content (AvgIpc) is 2.55. The number of allylic oxidation sites excluding steroid dienone is 1. The number of benzene rings is 1. The summed E-state index contributed by atoms with van der Waals surface area (Å²) < 4.78 is 5.50. The van der Waals surface area contributed by atoms with Crippen LogP contribution in [0.15, 0.2) is 36.1 Å². The molecule has 0 spiro atoms. The van der Waals surface area contributed by atoms with E-state index in [0.717, 1.165) is 5.56 Å². The van der Waals surface area contributed by atoms with Crippen LogP contribution in [0.2, 0.25) is 10.0 Å². The van der Waals surface area contributed by atoms with Gasteiger partial charge < -0.3 is 4.74 Å². The van der Waals surface area contributed by atoms with E-state index in [-0.39, 0.29) is 5.78 Å². The highest BCUT2D eigenvalue weighted by Gasteiger charge is 2.33. The molecule has 0 aliphatic carbocycles. The standard InChI is InChI=1S/C14H12Cl2O2/c1-14(2)13(17)8-10(18-14)5-3-9-4-6-11(15)12(16)7-9/h3-8H,1-2H3/b5-3+. The zero-order valence-electron chi connectivity index (χ0n) is 10.0. The quantitative estimate of drug-likeness (QED) is 0.810. The molecular weight excluding hydrogens is 271 g/mol. The largest absolute Gasteiger partial charge is 0.480 e. The van der Waals surface area contributed by atoms with E-state index >= 15 is 0 Å². The van der Waals surface area contributed by atoms with Gasteiger partial charge >= 0.3 is 0 Å². The fraction of sp³-hybridized carbons (Fsp3) is 0.214.